The Balaban J connectivity index is 1.57. The number of ether oxygens (including phenoxy) is 1. The van der Waals surface area contributed by atoms with Crippen LogP contribution in [0.3, 0.4) is 0 Å². The standard InChI is InChI=1S/C17H17ClFNO2S/c18-14-3-1-2-13(10-14)12-23-9-8-20-17(21)11-22-16-6-4-15(19)5-7-16/h1-7,10H,8-9,11-12H2,(H,20,21). The molecule has 0 unspecified atom stereocenters. The Morgan fingerprint density at radius 2 is 2.00 bits per heavy atom. The van der Waals surface area contributed by atoms with E-state index in [9.17, 15) is 9.18 Å². The molecule has 1 N–H and O–H groups in total. The van der Waals surface area contributed by atoms with Crippen LogP contribution in [0.15, 0.2) is 48.5 Å². The van der Waals surface area contributed by atoms with Gasteiger partial charge in [0.15, 0.2) is 6.61 Å². The maximum absolute atomic E-state index is 12.7. The molecule has 0 bridgehead atoms. The molecule has 0 aliphatic carbocycles. The number of hydrogen-bond donors (Lipinski definition) is 1. The lowest BCUT2D eigenvalue weighted by atomic mass is 10.2. The number of nitrogens with one attached hydrogen (secondary N) is 1. The maximum atomic E-state index is 12.7. The van der Waals surface area contributed by atoms with Crippen LogP contribution in [0.5, 0.6) is 5.75 Å². The van der Waals surface area contributed by atoms with Crippen LogP contribution in [0.1, 0.15) is 5.56 Å². The topological polar surface area (TPSA) is 38.3 Å². The Bertz CT molecular complexity index is 637. The van der Waals surface area contributed by atoms with Gasteiger partial charge in [0.2, 0.25) is 0 Å². The SMILES string of the molecule is O=C(COc1ccc(F)cc1)NCCSCc1cccc(Cl)c1. The molecule has 23 heavy (non-hydrogen) atoms. The van der Waals surface area contributed by atoms with Crippen molar-refractivity contribution in [3.63, 3.8) is 0 Å². The van der Waals surface area contributed by atoms with Crippen LogP contribution in [-0.4, -0.2) is 24.8 Å². The van der Waals surface area contributed by atoms with Crippen molar-refractivity contribution in [3.8, 4) is 5.75 Å². The van der Waals surface area contributed by atoms with Gasteiger partial charge in [-0.3, -0.25) is 4.79 Å². The van der Waals surface area contributed by atoms with Crippen LogP contribution < -0.4 is 10.1 Å². The summed E-state index contributed by atoms with van der Waals surface area (Å²) < 4.78 is 18.0. The number of rotatable bonds is 8. The Morgan fingerprint density at radius 3 is 2.74 bits per heavy atom. The first-order chi connectivity index (χ1) is 11.1. The zero-order valence-electron chi connectivity index (χ0n) is 12.4. The van der Waals surface area contributed by atoms with Gasteiger partial charge in [-0.2, -0.15) is 11.8 Å². The summed E-state index contributed by atoms with van der Waals surface area (Å²) in [6, 6.07) is 13.3. The first-order valence-corrected chi connectivity index (χ1v) is 8.64. The fourth-order valence-electron chi connectivity index (χ4n) is 1.81. The highest BCUT2D eigenvalue weighted by Crippen LogP contribution is 2.16. The highest BCUT2D eigenvalue weighted by Gasteiger charge is 2.02. The van der Waals surface area contributed by atoms with E-state index in [1.807, 2.05) is 24.3 Å². The molecule has 0 atom stereocenters. The summed E-state index contributed by atoms with van der Waals surface area (Å²) in [6.07, 6.45) is 0. The van der Waals surface area contributed by atoms with Gasteiger partial charge in [0.25, 0.3) is 5.91 Å². The molecule has 0 radical (unpaired) electrons. The third kappa shape index (κ3) is 6.93. The molecule has 2 aromatic carbocycles. The summed E-state index contributed by atoms with van der Waals surface area (Å²) in [5.41, 5.74) is 1.16. The lowest BCUT2D eigenvalue weighted by molar-refractivity contribution is -0.122. The summed E-state index contributed by atoms with van der Waals surface area (Å²) in [4.78, 5) is 11.6. The molecule has 3 nitrogen and oxygen atoms in total. The number of benzene rings is 2. The lowest BCUT2D eigenvalue weighted by Crippen LogP contribution is -2.30. The highest BCUT2D eigenvalue weighted by molar-refractivity contribution is 7.98. The van der Waals surface area contributed by atoms with Gasteiger partial charge in [0, 0.05) is 23.1 Å². The maximum Gasteiger partial charge on any atom is 0.257 e. The second kappa shape index (κ2) is 9.43. The molecule has 1 amide bonds. The van der Waals surface area contributed by atoms with Crippen LogP contribution in [0.25, 0.3) is 0 Å². The van der Waals surface area contributed by atoms with Crippen molar-refractivity contribution in [3.05, 3.63) is 64.9 Å². The Labute approximate surface area is 144 Å². The minimum Gasteiger partial charge on any atom is -0.484 e. The molecular weight excluding hydrogens is 337 g/mol. The van der Waals surface area contributed by atoms with Gasteiger partial charge in [-0.05, 0) is 42.0 Å². The minimum atomic E-state index is -0.335. The monoisotopic (exact) mass is 353 g/mol. The van der Waals surface area contributed by atoms with E-state index in [1.165, 1.54) is 24.3 Å². The van der Waals surface area contributed by atoms with Gasteiger partial charge in [-0.15, -0.1) is 0 Å². The van der Waals surface area contributed by atoms with Crippen molar-refractivity contribution in [2.45, 2.75) is 5.75 Å². The molecule has 122 valence electrons. The lowest BCUT2D eigenvalue weighted by Gasteiger charge is -2.07. The average molecular weight is 354 g/mol. The van der Waals surface area contributed by atoms with Crippen molar-refractivity contribution >= 4 is 29.3 Å². The number of thioether (sulfide) groups is 1. The summed E-state index contributed by atoms with van der Waals surface area (Å²) in [6.45, 7) is 0.488. The van der Waals surface area contributed by atoms with Crippen LogP contribution in [-0.2, 0) is 10.5 Å². The second-order valence-electron chi connectivity index (χ2n) is 4.78. The van der Waals surface area contributed by atoms with E-state index in [0.717, 1.165) is 22.1 Å². The van der Waals surface area contributed by atoms with Gasteiger partial charge in [0.1, 0.15) is 11.6 Å². The van der Waals surface area contributed by atoms with E-state index < -0.39 is 0 Å². The zero-order chi connectivity index (χ0) is 16.5. The van der Waals surface area contributed by atoms with Gasteiger partial charge < -0.3 is 10.1 Å². The quantitative estimate of drug-likeness (QED) is 0.731. The Hall–Kier alpha value is -1.72. The van der Waals surface area contributed by atoms with E-state index >= 15 is 0 Å². The molecule has 0 fully saturated rings. The molecule has 0 spiro atoms. The molecular formula is C17H17ClFNO2S. The van der Waals surface area contributed by atoms with Crippen molar-refractivity contribution < 1.29 is 13.9 Å². The molecule has 0 heterocycles. The summed E-state index contributed by atoms with van der Waals surface area (Å²) in [7, 11) is 0. The van der Waals surface area contributed by atoms with Gasteiger partial charge >= 0.3 is 0 Å². The van der Waals surface area contributed by atoms with E-state index in [4.69, 9.17) is 16.3 Å². The van der Waals surface area contributed by atoms with Gasteiger partial charge in [-0.25, -0.2) is 4.39 Å². The first kappa shape index (κ1) is 17.6. The van der Waals surface area contributed by atoms with Crippen molar-refractivity contribution in [2.75, 3.05) is 18.9 Å². The number of carbonyl (C=O) groups excluding carboxylic acids is 1. The van der Waals surface area contributed by atoms with Gasteiger partial charge in [-0.1, -0.05) is 23.7 Å². The summed E-state index contributed by atoms with van der Waals surface area (Å²) in [5, 5.41) is 3.51. The Kier molecular flexibility index (Phi) is 7.23. The van der Waals surface area contributed by atoms with Crippen LogP contribution in [0.2, 0.25) is 5.02 Å². The largest absolute Gasteiger partial charge is 0.484 e. The first-order valence-electron chi connectivity index (χ1n) is 7.11. The van der Waals surface area contributed by atoms with Crippen LogP contribution in [0.4, 0.5) is 4.39 Å². The molecule has 0 saturated heterocycles. The zero-order valence-corrected chi connectivity index (χ0v) is 14.0. The van der Waals surface area contributed by atoms with E-state index in [2.05, 4.69) is 5.32 Å². The van der Waals surface area contributed by atoms with Crippen molar-refractivity contribution in [1.82, 2.24) is 5.32 Å². The normalized spacial score (nSPS) is 10.3. The average Bonchev–Trinajstić information content (AvgIpc) is 2.54. The third-order valence-electron chi connectivity index (χ3n) is 2.91. The number of carbonyl (C=O) groups is 1. The van der Waals surface area contributed by atoms with Gasteiger partial charge in [0.05, 0.1) is 0 Å². The van der Waals surface area contributed by atoms with E-state index in [1.54, 1.807) is 11.8 Å². The van der Waals surface area contributed by atoms with Crippen molar-refractivity contribution in [1.29, 1.82) is 0 Å². The predicted molar refractivity (Wildman–Crippen MR) is 92.5 cm³/mol. The summed E-state index contributed by atoms with van der Waals surface area (Å²) >= 11 is 7.64. The number of amides is 1. The van der Waals surface area contributed by atoms with E-state index in [0.29, 0.717) is 12.3 Å². The van der Waals surface area contributed by atoms with Crippen LogP contribution >= 0.6 is 23.4 Å². The molecule has 0 saturated carbocycles. The molecule has 2 aromatic rings. The summed E-state index contributed by atoms with van der Waals surface area (Å²) in [5.74, 6) is 1.59. The van der Waals surface area contributed by atoms with E-state index in [-0.39, 0.29) is 18.3 Å². The smallest absolute Gasteiger partial charge is 0.257 e. The van der Waals surface area contributed by atoms with Crippen LogP contribution in [0, 0.1) is 5.82 Å². The fourth-order valence-corrected chi connectivity index (χ4v) is 2.83. The molecule has 2 rings (SSSR count). The molecule has 0 aliphatic heterocycles. The minimum absolute atomic E-state index is 0.0788. The fraction of sp³-hybridized carbons (Fsp3) is 0.235. The third-order valence-corrected chi connectivity index (χ3v) is 4.18. The second-order valence-corrected chi connectivity index (χ2v) is 6.32. The predicted octanol–water partition coefficient (Wildman–Crippen LogP) is 3.91. The number of halogens is 2. The molecule has 0 aromatic heterocycles. The van der Waals surface area contributed by atoms with Crippen molar-refractivity contribution in [2.24, 2.45) is 0 Å². The molecule has 0 aliphatic rings. The Morgan fingerprint density at radius 1 is 1.22 bits per heavy atom. The molecule has 6 heteroatoms. The highest BCUT2D eigenvalue weighted by atomic mass is 35.5. The number of hydrogen-bond acceptors (Lipinski definition) is 3.